The molecule has 9 N–H and O–H groups in total. The van der Waals surface area contributed by atoms with Gasteiger partial charge < -0.3 is 69.6 Å². The number of hydrogen-bond donors (Lipinski definition) is 9. The zero-order valence-corrected chi connectivity index (χ0v) is 29.8. The van der Waals surface area contributed by atoms with E-state index in [1.165, 1.54) is 54.6 Å². The zero-order valence-electron chi connectivity index (χ0n) is 29.8. The molecular weight excluding hydrogens is 768 g/mol. The molecular formula is C40H34O18. The lowest BCUT2D eigenvalue weighted by molar-refractivity contribution is -0.316. The summed E-state index contributed by atoms with van der Waals surface area (Å²) in [5.74, 6) is -12.2. The third-order valence-corrected chi connectivity index (χ3v) is 9.22. The number of phenolic OH excluding ortho intramolecular Hbond substituents is 6. The topological polar surface area (TPSA) is 296 Å². The standard InChI is InChI=1S/C39H32O16.CH2O2/c40-22-16-29(46)36-33(17-22)55-39(21-5-8-25(42)28(45)15-21)38(50,37(36)49)53-30-10-2-20(14-32(30)54-39)4-12-35(48)52-31-18-23(6-9-26(31)43)51-34(47)11-3-19-1-7-24(41)27(44)13-19;2-1-3/h1-5,7-8,10-17,23,26,31,40-46,50H,6,9,18H2;1H,(H,2,3)/b11-3+,12-4+;. The van der Waals surface area contributed by atoms with Crippen molar-refractivity contribution in [2.75, 3.05) is 0 Å². The van der Waals surface area contributed by atoms with E-state index in [-0.39, 0.29) is 47.9 Å². The number of hydrogen-bond acceptors (Lipinski definition) is 17. The molecule has 1 fully saturated rings. The van der Waals surface area contributed by atoms with Crippen molar-refractivity contribution in [3.8, 4) is 51.7 Å². The number of ether oxygens (including phenoxy) is 5. The van der Waals surface area contributed by atoms with Crippen molar-refractivity contribution in [2.24, 2.45) is 0 Å². The minimum atomic E-state index is -3.04. The van der Waals surface area contributed by atoms with E-state index in [9.17, 15) is 55.2 Å². The first-order valence-corrected chi connectivity index (χ1v) is 17.2. The molecule has 0 aromatic heterocycles. The summed E-state index contributed by atoms with van der Waals surface area (Å²) in [6.07, 6.45) is 2.71. The summed E-state index contributed by atoms with van der Waals surface area (Å²) in [7, 11) is 0. The van der Waals surface area contributed by atoms with Crippen LogP contribution in [-0.4, -0.2) is 94.3 Å². The van der Waals surface area contributed by atoms with Gasteiger partial charge in [-0.15, -0.1) is 0 Å². The molecule has 7 rings (SSSR count). The van der Waals surface area contributed by atoms with E-state index in [4.69, 9.17) is 33.6 Å². The molecule has 302 valence electrons. The number of aliphatic hydroxyl groups excluding tert-OH is 1. The average molecular weight is 803 g/mol. The van der Waals surface area contributed by atoms with Crippen LogP contribution in [-0.2, 0) is 29.6 Å². The van der Waals surface area contributed by atoms with E-state index in [1.54, 1.807) is 0 Å². The molecule has 4 aromatic carbocycles. The molecule has 0 saturated heterocycles. The Labute approximate surface area is 326 Å². The number of carboxylic acid groups (broad SMARTS) is 1. The third kappa shape index (κ3) is 7.81. The minimum absolute atomic E-state index is 0.0134. The Balaban J connectivity index is 0.00000183. The van der Waals surface area contributed by atoms with Gasteiger partial charge in [0.1, 0.15) is 35.0 Å². The molecule has 5 atom stereocenters. The number of carbonyl (C=O) groups is 4. The SMILES string of the molecule is O=C(/C=C/c1ccc(O)c(O)c1)OC1CCC(O)C(OC(=O)/C=C/c2ccc3c(c2)OC2(c4ccc(O)c(O)c4)Oc4cc(O)cc(O)c4C(=O)C2(O)O3)C1.O=CO. The van der Waals surface area contributed by atoms with Crippen molar-refractivity contribution in [3.05, 3.63) is 101 Å². The number of fused-ring (bicyclic) bond motifs is 3. The summed E-state index contributed by atoms with van der Waals surface area (Å²) in [4.78, 5) is 47.5. The normalized spacial score (nSPS) is 23.1. The largest absolute Gasteiger partial charge is 0.508 e. The van der Waals surface area contributed by atoms with Gasteiger partial charge in [0.05, 0.1) is 6.10 Å². The number of carbonyl (C=O) groups excluding carboxylic acids is 3. The number of ketones is 1. The molecule has 58 heavy (non-hydrogen) atoms. The van der Waals surface area contributed by atoms with Gasteiger partial charge in [-0.05, 0) is 78.6 Å². The fraction of sp³-hybridized carbons (Fsp3) is 0.200. The molecule has 2 heterocycles. The third-order valence-electron chi connectivity index (χ3n) is 9.22. The highest BCUT2D eigenvalue weighted by Gasteiger charge is 2.70. The van der Waals surface area contributed by atoms with Crippen LogP contribution < -0.4 is 14.2 Å². The van der Waals surface area contributed by atoms with Gasteiger partial charge in [-0.25, -0.2) is 9.59 Å². The second-order valence-corrected chi connectivity index (χ2v) is 13.1. The monoisotopic (exact) mass is 802 g/mol. The van der Waals surface area contributed by atoms with Crippen molar-refractivity contribution >= 4 is 36.3 Å². The van der Waals surface area contributed by atoms with Gasteiger partial charge in [0, 0.05) is 36.3 Å². The number of benzene rings is 4. The van der Waals surface area contributed by atoms with Crippen molar-refractivity contribution in [1.82, 2.24) is 0 Å². The first-order valence-electron chi connectivity index (χ1n) is 17.2. The van der Waals surface area contributed by atoms with Gasteiger partial charge >= 0.3 is 23.5 Å². The molecule has 1 aliphatic carbocycles. The van der Waals surface area contributed by atoms with E-state index in [0.717, 1.165) is 36.4 Å². The molecule has 0 bridgehead atoms. The Hall–Kier alpha value is -7.44. The molecule has 1 saturated carbocycles. The number of aromatic hydroxyl groups is 6. The van der Waals surface area contributed by atoms with Crippen LogP contribution in [0.25, 0.3) is 12.2 Å². The maximum Gasteiger partial charge on any atom is 0.357 e. The number of phenols is 6. The zero-order chi connectivity index (χ0) is 41.9. The van der Waals surface area contributed by atoms with Crippen LogP contribution in [0.4, 0.5) is 0 Å². The Morgan fingerprint density at radius 1 is 0.690 bits per heavy atom. The first kappa shape index (κ1) is 40.2. The maximum absolute atomic E-state index is 13.8. The van der Waals surface area contributed by atoms with Gasteiger partial charge in [0.15, 0.2) is 34.5 Å². The summed E-state index contributed by atoms with van der Waals surface area (Å²) >= 11 is 0. The van der Waals surface area contributed by atoms with E-state index in [0.29, 0.717) is 17.5 Å². The second-order valence-electron chi connectivity index (χ2n) is 13.1. The molecule has 18 heteroatoms. The molecule has 18 nitrogen and oxygen atoms in total. The molecule has 2 aliphatic heterocycles. The van der Waals surface area contributed by atoms with Crippen LogP contribution in [0.3, 0.4) is 0 Å². The molecule has 3 aliphatic rings. The highest BCUT2D eigenvalue weighted by molar-refractivity contribution is 6.08. The van der Waals surface area contributed by atoms with E-state index in [1.807, 2.05) is 0 Å². The number of rotatable bonds is 7. The quantitative estimate of drug-likeness (QED) is 0.0560. The Kier molecular flexibility index (Phi) is 11.1. The highest BCUT2D eigenvalue weighted by Crippen LogP contribution is 2.55. The smallest absolute Gasteiger partial charge is 0.357 e. The highest BCUT2D eigenvalue weighted by atomic mass is 16.8. The maximum atomic E-state index is 13.8. The lowest BCUT2D eigenvalue weighted by atomic mass is 9.85. The molecule has 5 unspecified atom stereocenters. The predicted octanol–water partition coefficient (Wildman–Crippen LogP) is 3.30. The summed E-state index contributed by atoms with van der Waals surface area (Å²) in [5, 5.41) is 89.3. The van der Waals surface area contributed by atoms with Crippen LogP contribution >= 0.6 is 0 Å². The van der Waals surface area contributed by atoms with Crippen molar-refractivity contribution in [3.63, 3.8) is 0 Å². The molecule has 4 aromatic rings. The second kappa shape index (κ2) is 16.0. The average Bonchev–Trinajstić information content (AvgIpc) is 3.16. The molecule has 0 spiro atoms. The fourth-order valence-corrected chi connectivity index (χ4v) is 6.46. The van der Waals surface area contributed by atoms with Crippen LogP contribution in [0, 0.1) is 0 Å². The number of aliphatic hydroxyl groups is 2. The van der Waals surface area contributed by atoms with E-state index < -0.39 is 81.9 Å². The Bertz CT molecular complexity index is 2330. The molecule has 0 radical (unpaired) electrons. The Morgan fingerprint density at radius 3 is 1.97 bits per heavy atom. The minimum Gasteiger partial charge on any atom is -0.508 e. The summed E-state index contributed by atoms with van der Waals surface area (Å²) in [5.41, 5.74) is 0.00926. The van der Waals surface area contributed by atoms with Crippen molar-refractivity contribution in [2.45, 2.75) is 49.1 Å². The van der Waals surface area contributed by atoms with Crippen molar-refractivity contribution < 1.29 is 88.8 Å². The fourth-order valence-electron chi connectivity index (χ4n) is 6.46. The van der Waals surface area contributed by atoms with Crippen LogP contribution in [0.2, 0.25) is 0 Å². The number of Topliss-reactive ketones (excluding diaryl/α,β-unsaturated/α-hetero) is 1. The first-order chi connectivity index (χ1) is 27.6. The Morgan fingerprint density at radius 2 is 1.29 bits per heavy atom. The summed E-state index contributed by atoms with van der Waals surface area (Å²) < 4.78 is 28.9. The van der Waals surface area contributed by atoms with Gasteiger partial charge in [0.25, 0.3) is 12.3 Å². The van der Waals surface area contributed by atoms with Crippen molar-refractivity contribution in [1.29, 1.82) is 0 Å². The van der Waals surface area contributed by atoms with Gasteiger partial charge in [0.2, 0.25) is 0 Å². The van der Waals surface area contributed by atoms with E-state index in [2.05, 4.69) is 0 Å². The lowest BCUT2D eigenvalue weighted by Gasteiger charge is -2.50. The summed E-state index contributed by atoms with van der Waals surface area (Å²) in [6.45, 7) is -0.250. The van der Waals surface area contributed by atoms with Crippen LogP contribution in [0.15, 0.2) is 78.9 Å². The van der Waals surface area contributed by atoms with E-state index >= 15 is 0 Å². The van der Waals surface area contributed by atoms with Gasteiger partial charge in [-0.1, -0.05) is 12.1 Å². The van der Waals surface area contributed by atoms with Crippen LogP contribution in [0.5, 0.6) is 51.7 Å². The summed E-state index contributed by atoms with van der Waals surface area (Å²) in [6, 6.07) is 13.2. The van der Waals surface area contributed by atoms with Gasteiger partial charge in [-0.2, -0.15) is 0 Å². The molecule has 0 amide bonds. The number of esters is 2. The lowest BCUT2D eigenvalue weighted by Crippen LogP contribution is -2.70. The van der Waals surface area contributed by atoms with Gasteiger partial charge in [-0.3, -0.25) is 9.59 Å². The van der Waals surface area contributed by atoms with Crippen LogP contribution in [0.1, 0.15) is 46.3 Å². The predicted molar refractivity (Wildman–Crippen MR) is 195 cm³/mol.